The lowest BCUT2D eigenvalue weighted by atomic mass is 10.0. The molecule has 3 rings (SSSR count). The monoisotopic (exact) mass is 323 g/mol. The van der Waals surface area contributed by atoms with Crippen LogP contribution in [0.3, 0.4) is 0 Å². The molecule has 0 aliphatic carbocycles. The number of ether oxygens (including phenoxy) is 1. The minimum Gasteiger partial charge on any atom is -0.494 e. The smallest absolute Gasteiger partial charge is 0.307 e. The van der Waals surface area contributed by atoms with Gasteiger partial charge in [0.05, 0.1) is 18.7 Å². The fraction of sp³-hybridized carbons (Fsp3) is 0.250. The Morgan fingerprint density at radius 1 is 1.17 bits per heavy atom. The number of carbonyl (C=O) groups is 1. The van der Waals surface area contributed by atoms with Crippen molar-refractivity contribution < 1.29 is 14.6 Å². The summed E-state index contributed by atoms with van der Waals surface area (Å²) in [7, 11) is 0. The Bertz CT molecular complexity index is 837. The van der Waals surface area contributed by atoms with E-state index in [1.165, 1.54) is 0 Å². The fourth-order valence-corrected chi connectivity index (χ4v) is 2.84. The standard InChI is InChI=1S/C20H21NO3/c1-2-3-11-24-15-9-10-18-16(12-15)17(13-19(22)23)20(21-18)14-7-5-4-6-8-14/h4-10,12,21H,2-3,11,13H2,1H3,(H,22,23). The van der Waals surface area contributed by atoms with E-state index in [0.717, 1.165) is 46.3 Å². The van der Waals surface area contributed by atoms with Crippen LogP contribution in [0.4, 0.5) is 0 Å². The Balaban J connectivity index is 2.06. The molecule has 4 heteroatoms. The van der Waals surface area contributed by atoms with Crippen molar-refractivity contribution in [2.45, 2.75) is 26.2 Å². The normalized spacial score (nSPS) is 10.9. The molecule has 0 saturated heterocycles. The molecule has 3 aromatic rings. The first-order chi connectivity index (χ1) is 11.7. The van der Waals surface area contributed by atoms with Crippen molar-refractivity contribution in [2.24, 2.45) is 0 Å². The number of rotatable bonds is 7. The lowest BCUT2D eigenvalue weighted by Gasteiger charge is -2.06. The highest BCUT2D eigenvalue weighted by Gasteiger charge is 2.16. The summed E-state index contributed by atoms with van der Waals surface area (Å²) in [5, 5.41) is 10.2. The van der Waals surface area contributed by atoms with Gasteiger partial charge in [0.1, 0.15) is 5.75 Å². The Morgan fingerprint density at radius 3 is 2.67 bits per heavy atom. The number of carboxylic acids is 1. The van der Waals surface area contributed by atoms with Gasteiger partial charge in [-0.15, -0.1) is 0 Å². The lowest BCUT2D eigenvalue weighted by Crippen LogP contribution is -2.01. The van der Waals surface area contributed by atoms with Crippen LogP contribution in [0.1, 0.15) is 25.3 Å². The van der Waals surface area contributed by atoms with E-state index in [0.29, 0.717) is 6.61 Å². The van der Waals surface area contributed by atoms with Gasteiger partial charge in [0.2, 0.25) is 0 Å². The van der Waals surface area contributed by atoms with E-state index in [1.54, 1.807) is 0 Å². The topological polar surface area (TPSA) is 62.3 Å². The predicted molar refractivity (Wildman–Crippen MR) is 95.5 cm³/mol. The molecule has 0 spiro atoms. The summed E-state index contributed by atoms with van der Waals surface area (Å²) >= 11 is 0. The molecule has 4 nitrogen and oxygen atoms in total. The highest BCUT2D eigenvalue weighted by atomic mass is 16.5. The molecule has 0 bridgehead atoms. The largest absolute Gasteiger partial charge is 0.494 e. The Morgan fingerprint density at radius 2 is 1.96 bits per heavy atom. The first-order valence-corrected chi connectivity index (χ1v) is 8.23. The third kappa shape index (κ3) is 3.43. The van der Waals surface area contributed by atoms with Crippen LogP contribution >= 0.6 is 0 Å². The molecule has 0 saturated carbocycles. The number of aliphatic carboxylic acids is 1. The lowest BCUT2D eigenvalue weighted by molar-refractivity contribution is -0.136. The van der Waals surface area contributed by atoms with E-state index < -0.39 is 5.97 Å². The highest BCUT2D eigenvalue weighted by Crippen LogP contribution is 2.33. The van der Waals surface area contributed by atoms with Gasteiger partial charge in [-0.25, -0.2) is 0 Å². The van der Waals surface area contributed by atoms with E-state index in [4.69, 9.17) is 4.74 Å². The molecule has 0 atom stereocenters. The molecule has 0 radical (unpaired) electrons. The molecule has 1 heterocycles. The summed E-state index contributed by atoms with van der Waals surface area (Å²) in [5.74, 6) is -0.0633. The van der Waals surface area contributed by atoms with Crippen molar-refractivity contribution in [3.63, 3.8) is 0 Å². The first kappa shape index (κ1) is 16.1. The summed E-state index contributed by atoms with van der Waals surface area (Å²) in [4.78, 5) is 14.7. The summed E-state index contributed by atoms with van der Waals surface area (Å²) in [6.07, 6.45) is 2.06. The molecule has 24 heavy (non-hydrogen) atoms. The second kappa shape index (κ2) is 7.21. The second-order valence-corrected chi connectivity index (χ2v) is 5.82. The van der Waals surface area contributed by atoms with E-state index in [9.17, 15) is 9.90 Å². The number of hydrogen-bond donors (Lipinski definition) is 2. The number of H-pyrrole nitrogens is 1. The average Bonchev–Trinajstić information content (AvgIpc) is 2.93. The van der Waals surface area contributed by atoms with E-state index >= 15 is 0 Å². The van der Waals surface area contributed by atoms with Gasteiger partial charge >= 0.3 is 5.97 Å². The third-order valence-corrected chi connectivity index (χ3v) is 4.03. The molecule has 2 N–H and O–H groups in total. The summed E-state index contributed by atoms with van der Waals surface area (Å²) < 4.78 is 5.77. The van der Waals surface area contributed by atoms with Gasteiger partial charge < -0.3 is 14.8 Å². The second-order valence-electron chi connectivity index (χ2n) is 5.82. The molecule has 0 fully saturated rings. The number of nitrogens with one attached hydrogen (secondary N) is 1. The summed E-state index contributed by atoms with van der Waals surface area (Å²) in [5.41, 5.74) is 3.56. The van der Waals surface area contributed by atoms with Crippen LogP contribution in [0, 0.1) is 0 Å². The number of aromatic nitrogens is 1. The zero-order valence-electron chi connectivity index (χ0n) is 13.7. The molecular formula is C20H21NO3. The Hall–Kier alpha value is -2.75. The molecule has 0 aliphatic heterocycles. The minimum absolute atomic E-state index is 0.0252. The molecule has 124 valence electrons. The van der Waals surface area contributed by atoms with E-state index in [2.05, 4.69) is 11.9 Å². The quantitative estimate of drug-likeness (QED) is 0.623. The number of unbranched alkanes of at least 4 members (excludes halogenated alkanes) is 1. The van der Waals surface area contributed by atoms with E-state index in [-0.39, 0.29) is 6.42 Å². The van der Waals surface area contributed by atoms with Crippen molar-refractivity contribution >= 4 is 16.9 Å². The van der Waals surface area contributed by atoms with Crippen LogP contribution in [-0.4, -0.2) is 22.7 Å². The fourth-order valence-electron chi connectivity index (χ4n) is 2.84. The summed E-state index contributed by atoms with van der Waals surface area (Å²) in [6.45, 7) is 2.79. The van der Waals surface area contributed by atoms with Gasteiger partial charge in [-0.05, 0) is 35.7 Å². The zero-order chi connectivity index (χ0) is 16.9. The minimum atomic E-state index is -0.842. The van der Waals surface area contributed by atoms with Crippen molar-refractivity contribution in [2.75, 3.05) is 6.61 Å². The predicted octanol–water partition coefficient (Wildman–Crippen LogP) is 4.64. The molecule has 0 amide bonds. The molecule has 2 aromatic carbocycles. The number of fused-ring (bicyclic) bond motifs is 1. The van der Waals surface area contributed by atoms with Gasteiger partial charge in [0.15, 0.2) is 0 Å². The Kier molecular flexibility index (Phi) is 4.85. The average molecular weight is 323 g/mol. The summed E-state index contributed by atoms with van der Waals surface area (Å²) in [6, 6.07) is 15.6. The van der Waals surface area contributed by atoms with Crippen molar-refractivity contribution in [3.8, 4) is 17.0 Å². The maximum absolute atomic E-state index is 11.3. The van der Waals surface area contributed by atoms with Crippen LogP contribution in [-0.2, 0) is 11.2 Å². The van der Waals surface area contributed by atoms with Gasteiger partial charge in [0.25, 0.3) is 0 Å². The molecule has 0 unspecified atom stereocenters. The van der Waals surface area contributed by atoms with Crippen LogP contribution in [0.2, 0.25) is 0 Å². The first-order valence-electron chi connectivity index (χ1n) is 8.23. The van der Waals surface area contributed by atoms with Crippen molar-refractivity contribution in [1.82, 2.24) is 4.98 Å². The van der Waals surface area contributed by atoms with Crippen LogP contribution in [0.5, 0.6) is 5.75 Å². The van der Waals surface area contributed by atoms with Crippen LogP contribution in [0.15, 0.2) is 48.5 Å². The number of aromatic amines is 1. The zero-order valence-corrected chi connectivity index (χ0v) is 13.7. The van der Waals surface area contributed by atoms with Gasteiger partial charge in [-0.1, -0.05) is 43.7 Å². The SMILES string of the molecule is CCCCOc1ccc2[nH]c(-c3ccccc3)c(CC(=O)O)c2c1. The maximum Gasteiger partial charge on any atom is 0.307 e. The molecule has 1 aromatic heterocycles. The van der Waals surface area contributed by atoms with Gasteiger partial charge in [0, 0.05) is 10.9 Å². The molecular weight excluding hydrogens is 302 g/mol. The Labute approximate surface area is 141 Å². The van der Waals surface area contributed by atoms with Crippen LogP contribution < -0.4 is 4.74 Å². The van der Waals surface area contributed by atoms with Crippen LogP contribution in [0.25, 0.3) is 22.2 Å². The number of carboxylic acid groups (broad SMARTS) is 1. The number of benzene rings is 2. The maximum atomic E-state index is 11.3. The van der Waals surface area contributed by atoms with Crippen molar-refractivity contribution in [1.29, 1.82) is 0 Å². The van der Waals surface area contributed by atoms with Gasteiger partial charge in [-0.2, -0.15) is 0 Å². The molecule has 0 aliphatic rings. The van der Waals surface area contributed by atoms with Gasteiger partial charge in [-0.3, -0.25) is 4.79 Å². The number of hydrogen-bond acceptors (Lipinski definition) is 2. The van der Waals surface area contributed by atoms with E-state index in [1.807, 2.05) is 48.5 Å². The highest BCUT2D eigenvalue weighted by molar-refractivity contribution is 5.94. The third-order valence-electron chi connectivity index (χ3n) is 4.03. The van der Waals surface area contributed by atoms with Crippen molar-refractivity contribution in [3.05, 3.63) is 54.1 Å².